The Hall–Kier alpha value is -1.32. The van der Waals surface area contributed by atoms with E-state index in [0.29, 0.717) is 0 Å². The van der Waals surface area contributed by atoms with E-state index in [4.69, 9.17) is 28.3 Å². The summed E-state index contributed by atoms with van der Waals surface area (Å²) in [6, 6.07) is 1.99. The lowest BCUT2D eigenvalue weighted by Gasteiger charge is -2.19. The molecule has 10 heteroatoms. The molecule has 0 aromatic heterocycles. The fourth-order valence-corrected chi connectivity index (χ4v) is 1.50. The minimum atomic E-state index is -1.27. The van der Waals surface area contributed by atoms with Crippen LogP contribution in [0.3, 0.4) is 0 Å². The number of rotatable bonds is 4. The van der Waals surface area contributed by atoms with Gasteiger partial charge in [-0.25, -0.2) is 4.79 Å². The lowest BCUT2D eigenvalue weighted by atomic mass is 8.80. The van der Waals surface area contributed by atoms with Crippen LogP contribution in [0.1, 0.15) is 10.4 Å². The molecule has 1 aromatic rings. The molecule has 0 fully saturated rings. The van der Waals surface area contributed by atoms with Gasteiger partial charge in [-0.1, -0.05) is 0 Å². The Morgan fingerprint density at radius 1 is 1.24 bits per heavy atom. The Morgan fingerprint density at radius 2 is 1.71 bits per heavy atom. The van der Waals surface area contributed by atoms with E-state index in [0.717, 1.165) is 19.2 Å². The molecule has 75 valence electrons. The van der Waals surface area contributed by atoms with Crippen LogP contribution in [0.25, 0.3) is 0 Å². The summed E-state index contributed by atoms with van der Waals surface area (Å²) in [7, 11) is 17.3. The molecule has 1 rings (SSSR count). The van der Waals surface area contributed by atoms with E-state index < -0.39 is 30.3 Å². The number of aromatic hydroxyl groups is 2. The quantitative estimate of drug-likeness (QED) is 0.496. The zero-order chi connectivity index (χ0) is 13.2. The monoisotopic (exact) mass is 219 g/mol. The van der Waals surface area contributed by atoms with Gasteiger partial charge >= 0.3 is 5.97 Å². The second-order valence-corrected chi connectivity index (χ2v) is 3.53. The van der Waals surface area contributed by atoms with E-state index in [1.807, 2.05) is 0 Å². The van der Waals surface area contributed by atoms with Crippen molar-refractivity contribution in [3.05, 3.63) is 17.7 Å². The van der Waals surface area contributed by atoms with Crippen molar-refractivity contribution in [1.82, 2.24) is 0 Å². The molecule has 4 nitrogen and oxygen atoms in total. The Kier molecular flexibility index (Phi) is 4.32. The van der Waals surface area contributed by atoms with Gasteiger partial charge < -0.3 is 15.3 Å². The third kappa shape index (κ3) is 2.87. The summed E-state index contributed by atoms with van der Waals surface area (Å²) in [6.45, 7) is -0.780. The molecule has 0 bridgehead atoms. The number of hydrogen-bond donors (Lipinski definition) is 3. The van der Waals surface area contributed by atoms with Crippen LogP contribution in [0.4, 0.5) is 0 Å². The van der Waals surface area contributed by atoms with Crippen molar-refractivity contribution in [2.24, 2.45) is 0 Å². The van der Waals surface area contributed by atoms with Gasteiger partial charge in [-0.3, -0.25) is 0 Å². The first-order valence-electron chi connectivity index (χ1n) is 4.73. The van der Waals surface area contributed by atoms with Crippen LogP contribution in [0.5, 0.6) is 11.5 Å². The molecule has 3 N–H and O–H groups in total. The summed E-state index contributed by atoms with van der Waals surface area (Å²) in [5.41, 5.74) is -0.238. The summed E-state index contributed by atoms with van der Waals surface area (Å²) in [5.74, 6) is -2.11. The first-order chi connectivity index (χ1) is 7.88. The lowest BCUT2D eigenvalue weighted by molar-refractivity contribution is 0.0696. The van der Waals surface area contributed by atoms with Gasteiger partial charge in [0, 0.05) is 36.7 Å². The molecular formula is C7H5B6O4. The van der Waals surface area contributed by atoms with Crippen LogP contribution in [0.15, 0.2) is 12.1 Å². The fourth-order valence-electron chi connectivity index (χ4n) is 1.50. The third-order valence-corrected chi connectivity index (χ3v) is 2.34. The Morgan fingerprint density at radius 3 is 2.00 bits per heavy atom. The van der Waals surface area contributed by atoms with Gasteiger partial charge in [0.25, 0.3) is 0 Å². The van der Waals surface area contributed by atoms with Gasteiger partial charge in [0.1, 0.15) is 11.5 Å². The number of hydrogen-bond acceptors (Lipinski definition) is 3. The summed E-state index contributed by atoms with van der Waals surface area (Å²) in [5, 5.41) is 28.0. The molecule has 0 spiro atoms. The molecule has 0 atom stereocenters. The van der Waals surface area contributed by atoms with Gasteiger partial charge in [0.15, 0.2) is 0 Å². The van der Waals surface area contributed by atoms with E-state index >= 15 is 0 Å². The van der Waals surface area contributed by atoms with Crippen LogP contribution >= 0.6 is 0 Å². The molecule has 0 aliphatic rings. The molecular weight excluding hydrogens is 213 g/mol. The fraction of sp³-hybridized carbons (Fsp3) is 0. The molecule has 17 heavy (non-hydrogen) atoms. The van der Waals surface area contributed by atoms with Crippen molar-refractivity contribution in [1.29, 1.82) is 0 Å². The molecule has 0 aliphatic carbocycles. The normalized spacial score (nSPS) is 9.65. The highest BCUT2D eigenvalue weighted by atomic mass is 16.4. The van der Waals surface area contributed by atoms with Gasteiger partial charge in [0.05, 0.1) is 12.1 Å². The predicted octanol–water partition coefficient (Wildman–Crippen LogP) is -2.31. The topological polar surface area (TPSA) is 77.8 Å². The van der Waals surface area contributed by atoms with Crippen molar-refractivity contribution < 1.29 is 20.1 Å². The number of phenolic OH excluding ortho intramolecular Hbond substituents is 2. The van der Waals surface area contributed by atoms with Crippen LogP contribution in [-0.4, -0.2) is 64.4 Å². The molecule has 0 heterocycles. The minimum absolute atomic E-state index is 0.00694. The van der Waals surface area contributed by atoms with Crippen LogP contribution in [-0.2, 0) is 0 Å². The molecule has 1 aromatic carbocycles. The second kappa shape index (κ2) is 5.34. The maximum absolute atomic E-state index is 10.7. The highest BCUT2D eigenvalue weighted by Gasteiger charge is 2.25. The minimum Gasteiger partial charge on any atom is -0.508 e. The number of benzene rings is 1. The first kappa shape index (κ1) is 13.7. The standard InChI is InChI=1S/C7H5B6O4/c8-11-12(13(9)10)6-4(14)1-3(7(16)17)2-5(6)15/h1-2,14-15H,(H,16,17). The predicted molar refractivity (Wildman–Crippen MR) is 70.9 cm³/mol. The van der Waals surface area contributed by atoms with Crippen molar-refractivity contribution in [2.75, 3.05) is 0 Å². The van der Waals surface area contributed by atoms with Gasteiger partial charge in [0.2, 0.25) is 0 Å². The molecule has 0 amide bonds. The summed E-state index contributed by atoms with van der Waals surface area (Å²) >= 11 is 0. The van der Waals surface area contributed by atoms with Gasteiger partial charge in [-0.05, 0) is 17.6 Å². The van der Waals surface area contributed by atoms with E-state index in [-0.39, 0.29) is 11.0 Å². The maximum atomic E-state index is 10.7. The summed E-state index contributed by atoms with van der Waals surface area (Å²) in [4.78, 5) is 10.7. The van der Waals surface area contributed by atoms with E-state index in [9.17, 15) is 15.0 Å². The van der Waals surface area contributed by atoms with E-state index in [2.05, 4.69) is 0 Å². The van der Waals surface area contributed by atoms with Crippen molar-refractivity contribution in [3.8, 4) is 11.5 Å². The van der Waals surface area contributed by atoms with Crippen molar-refractivity contribution in [3.63, 3.8) is 0 Å². The van der Waals surface area contributed by atoms with Crippen LogP contribution in [0, 0.1) is 0 Å². The average Bonchev–Trinajstić information content (AvgIpc) is 2.22. The van der Waals surface area contributed by atoms with Crippen molar-refractivity contribution >= 4 is 54.6 Å². The molecule has 0 saturated heterocycles. The van der Waals surface area contributed by atoms with Crippen molar-refractivity contribution in [2.45, 2.75) is 0 Å². The molecule has 0 aliphatic heterocycles. The Bertz CT molecular complexity index is 413. The zero-order valence-electron chi connectivity index (χ0n) is 8.87. The number of carboxylic acid groups (broad SMARTS) is 1. The molecule has 0 unspecified atom stereocenters. The number of carbonyl (C=O) groups is 1. The summed E-state index contributed by atoms with van der Waals surface area (Å²) < 4.78 is 0. The largest absolute Gasteiger partial charge is 0.508 e. The number of carboxylic acids is 1. The smallest absolute Gasteiger partial charge is 0.335 e. The number of aromatic carboxylic acids is 1. The zero-order valence-corrected chi connectivity index (χ0v) is 8.87. The van der Waals surface area contributed by atoms with E-state index in [1.165, 1.54) is 0 Å². The lowest BCUT2D eigenvalue weighted by Crippen LogP contribution is -2.52. The second-order valence-electron chi connectivity index (χ2n) is 3.53. The average molecular weight is 218 g/mol. The van der Waals surface area contributed by atoms with Crippen LogP contribution < -0.4 is 5.46 Å². The Labute approximate surface area is 104 Å². The highest BCUT2D eigenvalue weighted by Crippen LogP contribution is 2.19. The Balaban J connectivity index is 3.30. The third-order valence-electron chi connectivity index (χ3n) is 2.34. The summed E-state index contributed by atoms with van der Waals surface area (Å²) in [6.07, 6.45) is -0.924. The first-order valence-corrected chi connectivity index (χ1v) is 4.73. The van der Waals surface area contributed by atoms with Gasteiger partial charge in [-0.2, -0.15) is 0 Å². The number of phenols is 2. The highest BCUT2D eigenvalue weighted by molar-refractivity contribution is 7.75. The molecule has 7 radical (unpaired) electrons. The van der Waals surface area contributed by atoms with Crippen LogP contribution in [0.2, 0.25) is 0 Å². The maximum Gasteiger partial charge on any atom is 0.335 e. The molecule has 0 saturated carbocycles. The SMILES string of the molecule is [B][B]B(B([B])[B])c1c(O)cc(C(=O)O)cc1O. The van der Waals surface area contributed by atoms with E-state index in [1.54, 1.807) is 0 Å². The van der Waals surface area contributed by atoms with Gasteiger partial charge in [-0.15, -0.1) is 0 Å².